The number of amides is 1. The van der Waals surface area contributed by atoms with Crippen LogP contribution >= 0.6 is 11.6 Å². The fourth-order valence-electron chi connectivity index (χ4n) is 3.19. The molecular weight excluding hydrogens is 380 g/mol. The standard InChI is InChI=1S/C19H23ClN6O2/c1-12(22-19(28)18-9-15(5-7-27)23-24-18)11-26-6-4-17(25-26)13-2-3-14(10-21)16(20)8-13/h2-4,6,8,12,15,18,23-24,27H,5,7,9,11H2,1H3,(H,22,28)/t12-,15?,18?/m0/s1. The smallest absolute Gasteiger partial charge is 0.238 e. The predicted molar refractivity (Wildman–Crippen MR) is 105 cm³/mol. The molecule has 28 heavy (non-hydrogen) atoms. The molecule has 148 valence electrons. The van der Waals surface area contributed by atoms with Gasteiger partial charge in [-0.05, 0) is 38.0 Å². The van der Waals surface area contributed by atoms with Gasteiger partial charge in [-0.2, -0.15) is 10.4 Å². The number of carbonyl (C=O) groups excluding carboxylic acids is 1. The lowest BCUT2D eigenvalue weighted by Crippen LogP contribution is -2.47. The molecule has 2 heterocycles. The lowest BCUT2D eigenvalue weighted by atomic mass is 10.1. The zero-order valence-electron chi connectivity index (χ0n) is 15.5. The fraction of sp³-hybridized carbons (Fsp3) is 0.421. The molecule has 1 amide bonds. The molecule has 0 bridgehead atoms. The molecule has 0 aliphatic carbocycles. The van der Waals surface area contributed by atoms with Gasteiger partial charge >= 0.3 is 0 Å². The van der Waals surface area contributed by atoms with Crippen LogP contribution < -0.4 is 16.2 Å². The highest BCUT2D eigenvalue weighted by Gasteiger charge is 2.29. The van der Waals surface area contributed by atoms with Crippen LogP contribution in [0.2, 0.25) is 5.02 Å². The quantitative estimate of drug-likeness (QED) is 0.553. The first-order chi connectivity index (χ1) is 13.5. The van der Waals surface area contributed by atoms with Crippen LogP contribution in [0, 0.1) is 11.3 Å². The van der Waals surface area contributed by atoms with Gasteiger partial charge in [0.25, 0.3) is 0 Å². The van der Waals surface area contributed by atoms with Gasteiger partial charge in [-0.1, -0.05) is 17.7 Å². The van der Waals surface area contributed by atoms with Crippen LogP contribution in [0.3, 0.4) is 0 Å². The number of rotatable bonds is 7. The number of benzene rings is 1. The number of hydrazine groups is 1. The monoisotopic (exact) mass is 402 g/mol. The lowest BCUT2D eigenvalue weighted by molar-refractivity contribution is -0.123. The number of hydrogen-bond acceptors (Lipinski definition) is 6. The summed E-state index contributed by atoms with van der Waals surface area (Å²) >= 11 is 6.09. The second-order valence-electron chi connectivity index (χ2n) is 6.93. The highest BCUT2D eigenvalue weighted by Crippen LogP contribution is 2.24. The van der Waals surface area contributed by atoms with Gasteiger partial charge in [-0.25, -0.2) is 5.43 Å². The summed E-state index contributed by atoms with van der Waals surface area (Å²) in [5.74, 6) is -0.0771. The van der Waals surface area contributed by atoms with E-state index in [0.29, 0.717) is 30.0 Å². The minimum atomic E-state index is -0.312. The molecule has 3 atom stereocenters. The van der Waals surface area contributed by atoms with Gasteiger partial charge in [-0.3, -0.25) is 14.9 Å². The molecule has 9 heteroatoms. The van der Waals surface area contributed by atoms with E-state index in [-0.39, 0.29) is 30.6 Å². The predicted octanol–water partition coefficient (Wildman–Crippen LogP) is 1.20. The number of aromatic nitrogens is 2. The van der Waals surface area contributed by atoms with Crippen molar-refractivity contribution in [3.05, 3.63) is 41.0 Å². The molecular formula is C19H23ClN6O2. The first-order valence-corrected chi connectivity index (χ1v) is 9.53. The largest absolute Gasteiger partial charge is 0.396 e. The Morgan fingerprint density at radius 1 is 1.50 bits per heavy atom. The van der Waals surface area contributed by atoms with Crippen molar-refractivity contribution in [1.29, 1.82) is 5.26 Å². The topological polar surface area (TPSA) is 115 Å². The minimum absolute atomic E-state index is 0.0771. The molecule has 2 aromatic rings. The van der Waals surface area contributed by atoms with Gasteiger partial charge in [0.2, 0.25) is 5.91 Å². The zero-order chi connectivity index (χ0) is 20.1. The van der Waals surface area contributed by atoms with E-state index in [9.17, 15) is 4.79 Å². The third-order valence-corrected chi connectivity index (χ3v) is 4.96. The Morgan fingerprint density at radius 3 is 3.04 bits per heavy atom. The van der Waals surface area contributed by atoms with Crippen LogP contribution in [-0.2, 0) is 11.3 Å². The van der Waals surface area contributed by atoms with Crippen LogP contribution in [0.1, 0.15) is 25.3 Å². The number of aliphatic hydroxyl groups excluding tert-OH is 1. The normalized spacial score (nSPS) is 19.9. The zero-order valence-corrected chi connectivity index (χ0v) is 16.3. The van der Waals surface area contributed by atoms with E-state index in [1.807, 2.05) is 31.3 Å². The average Bonchev–Trinajstić information content (AvgIpc) is 3.31. The third-order valence-electron chi connectivity index (χ3n) is 4.65. The van der Waals surface area contributed by atoms with Crippen molar-refractivity contribution < 1.29 is 9.90 Å². The van der Waals surface area contributed by atoms with E-state index >= 15 is 0 Å². The maximum atomic E-state index is 12.4. The summed E-state index contributed by atoms with van der Waals surface area (Å²) in [5.41, 5.74) is 8.00. The number of nitriles is 1. The van der Waals surface area contributed by atoms with Gasteiger partial charge < -0.3 is 10.4 Å². The van der Waals surface area contributed by atoms with Crippen molar-refractivity contribution in [2.75, 3.05) is 6.61 Å². The Balaban J connectivity index is 1.55. The van der Waals surface area contributed by atoms with Gasteiger partial charge in [0.05, 0.1) is 22.8 Å². The molecule has 1 saturated heterocycles. The second kappa shape index (κ2) is 9.17. The van der Waals surface area contributed by atoms with Crippen LogP contribution in [-0.4, -0.2) is 45.5 Å². The Kier molecular flexibility index (Phi) is 6.65. The lowest BCUT2D eigenvalue weighted by Gasteiger charge is -2.17. The van der Waals surface area contributed by atoms with E-state index in [2.05, 4.69) is 21.3 Å². The van der Waals surface area contributed by atoms with Crippen molar-refractivity contribution >= 4 is 17.5 Å². The number of nitrogens with one attached hydrogen (secondary N) is 3. The Morgan fingerprint density at radius 2 is 2.32 bits per heavy atom. The summed E-state index contributed by atoms with van der Waals surface area (Å²) in [6.45, 7) is 2.54. The summed E-state index contributed by atoms with van der Waals surface area (Å²) in [4.78, 5) is 12.4. The van der Waals surface area contributed by atoms with Crippen LogP contribution in [0.15, 0.2) is 30.5 Å². The van der Waals surface area contributed by atoms with Gasteiger partial charge in [0.15, 0.2) is 0 Å². The number of nitrogens with zero attached hydrogens (tertiary/aromatic N) is 3. The SMILES string of the molecule is C[C@@H](Cn1ccc(-c2ccc(C#N)c(Cl)c2)n1)NC(=O)C1CC(CCO)NN1. The molecule has 1 aliphatic rings. The van der Waals surface area contributed by atoms with Crippen molar-refractivity contribution in [3.63, 3.8) is 0 Å². The first-order valence-electron chi connectivity index (χ1n) is 9.16. The molecule has 2 unspecified atom stereocenters. The highest BCUT2D eigenvalue weighted by molar-refractivity contribution is 6.32. The Bertz CT molecular complexity index is 878. The average molecular weight is 403 g/mol. The molecule has 4 N–H and O–H groups in total. The number of halogens is 1. The van der Waals surface area contributed by atoms with Gasteiger partial charge in [-0.15, -0.1) is 0 Å². The number of aliphatic hydroxyl groups is 1. The van der Waals surface area contributed by atoms with Crippen LogP contribution in [0.4, 0.5) is 0 Å². The van der Waals surface area contributed by atoms with E-state index < -0.39 is 0 Å². The summed E-state index contributed by atoms with van der Waals surface area (Å²) in [7, 11) is 0. The molecule has 0 radical (unpaired) electrons. The third kappa shape index (κ3) is 4.88. The molecule has 3 rings (SSSR count). The second-order valence-corrected chi connectivity index (χ2v) is 7.33. The van der Waals surface area contributed by atoms with Crippen molar-refractivity contribution in [2.45, 2.75) is 44.4 Å². The molecule has 1 fully saturated rings. The van der Waals surface area contributed by atoms with E-state index in [1.165, 1.54) is 0 Å². The van der Waals surface area contributed by atoms with E-state index in [4.69, 9.17) is 22.0 Å². The van der Waals surface area contributed by atoms with Gasteiger partial charge in [0, 0.05) is 30.5 Å². The maximum absolute atomic E-state index is 12.4. The van der Waals surface area contributed by atoms with Crippen LogP contribution in [0.5, 0.6) is 0 Å². The minimum Gasteiger partial charge on any atom is -0.396 e. The Labute approximate surface area is 168 Å². The summed E-state index contributed by atoms with van der Waals surface area (Å²) < 4.78 is 1.77. The van der Waals surface area contributed by atoms with Crippen molar-refractivity contribution in [2.24, 2.45) is 0 Å². The summed E-state index contributed by atoms with van der Waals surface area (Å²) in [6, 6.07) is 8.79. The van der Waals surface area contributed by atoms with Crippen LogP contribution in [0.25, 0.3) is 11.3 Å². The number of carbonyl (C=O) groups is 1. The van der Waals surface area contributed by atoms with E-state index in [1.54, 1.807) is 16.8 Å². The first kappa shape index (κ1) is 20.3. The van der Waals surface area contributed by atoms with Crippen molar-refractivity contribution in [1.82, 2.24) is 25.9 Å². The highest BCUT2D eigenvalue weighted by atomic mass is 35.5. The number of hydrogen-bond donors (Lipinski definition) is 4. The van der Waals surface area contributed by atoms with E-state index in [0.717, 1.165) is 11.3 Å². The molecule has 1 aliphatic heterocycles. The molecule has 1 aromatic carbocycles. The summed E-state index contributed by atoms with van der Waals surface area (Å²) in [5, 5.41) is 25.9. The molecule has 0 spiro atoms. The van der Waals surface area contributed by atoms with Gasteiger partial charge in [0.1, 0.15) is 12.1 Å². The molecule has 0 saturated carbocycles. The fourth-order valence-corrected chi connectivity index (χ4v) is 3.41. The molecule has 1 aromatic heterocycles. The van der Waals surface area contributed by atoms with Crippen molar-refractivity contribution in [3.8, 4) is 17.3 Å². The maximum Gasteiger partial charge on any atom is 0.238 e. The Hall–Kier alpha value is -2.44. The molecule has 8 nitrogen and oxygen atoms in total. The summed E-state index contributed by atoms with van der Waals surface area (Å²) in [6.07, 6.45) is 3.10.